The first-order valence-corrected chi connectivity index (χ1v) is 6.49. The number of hydrogen-bond donors (Lipinski definition) is 3. The zero-order chi connectivity index (χ0) is 12.5. The Hall–Kier alpha value is -1.89. The molecule has 2 aromatic rings. The van der Waals surface area contributed by atoms with Crippen molar-refractivity contribution in [2.45, 2.75) is 25.3 Å². The van der Waals surface area contributed by atoms with Crippen LogP contribution in [0, 0.1) is 0 Å². The molecule has 0 fully saturated rings. The summed E-state index contributed by atoms with van der Waals surface area (Å²) in [5.74, 6) is -1.21. The van der Waals surface area contributed by atoms with Gasteiger partial charge in [0.1, 0.15) is 5.92 Å². The number of anilines is 1. The van der Waals surface area contributed by atoms with Crippen LogP contribution in [0.5, 0.6) is 0 Å². The first kappa shape index (κ1) is 11.2. The highest BCUT2D eigenvalue weighted by atomic mass is 32.1. The van der Waals surface area contributed by atoms with Gasteiger partial charge in [-0.05, 0) is 12.8 Å². The maximum Gasteiger partial charge on any atom is 0.312 e. The van der Waals surface area contributed by atoms with Crippen LogP contribution in [0.3, 0.4) is 0 Å². The average Bonchev–Trinajstić information content (AvgIpc) is 3.02. The van der Waals surface area contributed by atoms with Crippen molar-refractivity contribution in [3.63, 3.8) is 0 Å². The molecule has 0 saturated heterocycles. The van der Waals surface area contributed by atoms with Gasteiger partial charge in [-0.2, -0.15) is 0 Å². The standard InChI is InChI=1S/C11H12N4O2S/c16-10(17)7-1-2-8-9(7)15-11(18-8)13-4-6-3-12-5-14-6/h3,5,7H,1-2,4H2,(H,12,14)(H,13,15)(H,16,17). The van der Waals surface area contributed by atoms with Crippen molar-refractivity contribution in [2.24, 2.45) is 0 Å². The zero-order valence-corrected chi connectivity index (χ0v) is 10.3. The van der Waals surface area contributed by atoms with E-state index >= 15 is 0 Å². The first-order chi connectivity index (χ1) is 8.74. The van der Waals surface area contributed by atoms with Crippen LogP contribution in [-0.4, -0.2) is 26.0 Å². The lowest BCUT2D eigenvalue weighted by Gasteiger charge is -2.02. The summed E-state index contributed by atoms with van der Waals surface area (Å²) in [6, 6.07) is 0. The molecule has 0 bridgehead atoms. The van der Waals surface area contributed by atoms with E-state index in [1.165, 1.54) is 0 Å². The molecule has 1 aliphatic rings. The zero-order valence-electron chi connectivity index (χ0n) is 9.51. The summed E-state index contributed by atoms with van der Waals surface area (Å²) < 4.78 is 0. The first-order valence-electron chi connectivity index (χ1n) is 5.67. The minimum absolute atomic E-state index is 0.432. The number of aryl methyl sites for hydroxylation is 1. The van der Waals surface area contributed by atoms with Crippen molar-refractivity contribution in [1.82, 2.24) is 15.0 Å². The summed E-state index contributed by atoms with van der Waals surface area (Å²) in [6.07, 6.45) is 4.85. The second-order valence-corrected chi connectivity index (χ2v) is 5.27. The van der Waals surface area contributed by atoms with Gasteiger partial charge in [0.25, 0.3) is 0 Å². The number of carbonyl (C=O) groups is 1. The Balaban J connectivity index is 1.72. The molecule has 1 aliphatic carbocycles. The number of aliphatic carboxylic acids is 1. The lowest BCUT2D eigenvalue weighted by molar-refractivity contribution is -0.138. The number of aromatic amines is 1. The molecule has 3 rings (SSSR count). The molecule has 1 atom stereocenters. The van der Waals surface area contributed by atoms with E-state index in [0.717, 1.165) is 27.8 Å². The molecule has 2 aromatic heterocycles. The van der Waals surface area contributed by atoms with Crippen LogP contribution < -0.4 is 5.32 Å². The molecular weight excluding hydrogens is 252 g/mol. The summed E-state index contributed by atoms with van der Waals surface area (Å²) in [5, 5.41) is 13.0. The third-order valence-corrected chi connectivity index (χ3v) is 4.09. The molecule has 2 heterocycles. The van der Waals surface area contributed by atoms with Crippen LogP contribution >= 0.6 is 11.3 Å². The van der Waals surface area contributed by atoms with Crippen LogP contribution in [0.25, 0.3) is 0 Å². The minimum Gasteiger partial charge on any atom is -0.481 e. The molecule has 1 unspecified atom stereocenters. The number of fused-ring (bicyclic) bond motifs is 1. The van der Waals surface area contributed by atoms with Gasteiger partial charge in [-0.15, -0.1) is 11.3 Å². The molecule has 94 valence electrons. The molecule has 0 saturated carbocycles. The van der Waals surface area contributed by atoms with E-state index in [9.17, 15) is 4.79 Å². The van der Waals surface area contributed by atoms with Crippen LogP contribution in [0.2, 0.25) is 0 Å². The van der Waals surface area contributed by atoms with Crippen LogP contribution in [0.15, 0.2) is 12.5 Å². The lowest BCUT2D eigenvalue weighted by Crippen LogP contribution is -2.09. The number of aromatic nitrogens is 3. The van der Waals surface area contributed by atoms with E-state index in [4.69, 9.17) is 5.11 Å². The summed E-state index contributed by atoms with van der Waals surface area (Å²) >= 11 is 1.55. The summed E-state index contributed by atoms with van der Waals surface area (Å²) in [4.78, 5) is 23.4. The SMILES string of the molecule is O=C(O)C1CCc2sc(NCc3cnc[nH]3)nc21. The fourth-order valence-corrected chi connectivity index (χ4v) is 3.13. The van der Waals surface area contributed by atoms with Gasteiger partial charge in [-0.3, -0.25) is 4.79 Å². The Morgan fingerprint density at radius 1 is 1.67 bits per heavy atom. The van der Waals surface area contributed by atoms with E-state index < -0.39 is 11.9 Å². The number of imidazole rings is 1. The van der Waals surface area contributed by atoms with Gasteiger partial charge in [-0.1, -0.05) is 0 Å². The van der Waals surface area contributed by atoms with E-state index in [0.29, 0.717) is 13.0 Å². The smallest absolute Gasteiger partial charge is 0.312 e. The Bertz CT molecular complexity index is 564. The van der Waals surface area contributed by atoms with Crippen LogP contribution in [0.1, 0.15) is 28.6 Å². The van der Waals surface area contributed by atoms with Gasteiger partial charge in [0, 0.05) is 11.1 Å². The Kier molecular flexibility index (Phi) is 2.75. The number of nitrogens with zero attached hydrogens (tertiary/aromatic N) is 2. The molecule has 0 aromatic carbocycles. The molecule has 0 amide bonds. The lowest BCUT2D eigenvalue weighted by atomic mass is 10.1. The summed E-state index contributed by atoms with van der Waals surface area (Å²) in [5.41, 5.74) is 1.71. The van der Waals surface area contributed by atoms with Gasteiger partial charge in [0.15, 0.2) is 5.13 Å². The summed E-state index contributed by atoms with van der Waals surface area (Å²) in [6.45, 7) is 0.615. The maximum absolute atomic E-state index is 11.0. The topological polar surface area (TPSA) is 90.9 Å². The number of H-pyrrole nitrogens is 1. The number of hydrogen-bond acceptors (Lipinski definition) is 5. The molecule has 0 aliphatic heterocycles. The second kappa shape index (κ2) is 4.41. The number of rotatable bonds is 4. The highest BCUT2D eigenvalue weighted by Gasteiger charge is 2.32. The van der Waals surface area contributed by atoms with Crippen molar-refractivity contribution in [3.8, 4) is 0 Å². The molecule has 0 spiro atoms. The average molecular weight is 264 g/mol. The molecule has 18 heavy (non-hydrogen) atoms. The highest BCUT2D eigenvalue weighted by molar-refractivity contribution is 7.15. The van der Waals surface area contributed by atoms with Gasteiger partial charge >= 0.3 is 5.97 Å². The third kappa shape index (κ3) is 1.97. The molecule has 7 heteroatoms. The van der Waals surface area contributed by atoms with Crippen molar-refractivity contribution >= 4 is 22.4 Å². The normalized spacial score (nSPS) is 17.7. The van der Waals surface area contributed by atoms with Crippen molar-refractivity contribution in [2.75, 3.05) is 5.32 Å². The quantitative estimate of drug-likeness (QED) is 0.780. The van der Waals surface area contributed by atoms with E-state index in [2.05, 4.69) is 20.3 Å². The fraction of sp³-hybridized carbons (Fsp3) is 0.364. The minimum atomic E-state index is -0.779. The van der Waals surface area contributed by atoms with E-state index in [1.54, 1.807) is 23.9 Å². The number of thiazole rings is 1. The van der Waals surface area contributed by atoms with E-state index in [1.807, 2.05) is 0 Å². The molecule has 3 N–H and O–H groups in total. The monoisotopic (exact) mass is 264 g/mol. The molecule has 6 nitrogen and oxygen atoms in total. The largest absolute Gasteiger partial charge is 0.481 e. The van der Waals surface area contributed by atoms with E-state index in [-0.39, 0.29) is 0 Å². The Labute approximate surface area is 107 Å². The van der Waals surface area contributed by atoms with Crippen molar-refractivity contribution in [3.05, 3.63) is 28.8 Å². The summed E-state index contributed by atoms with van der Waals surface area (Å²) in [7, 11) is 0. The van der Waals surface area contributed by atoms with Crippen LogP contribution in [-0.2, 0) is 17.8 Å². The van der Waals surface area contributed by atoms with Gasteiger partial charge < -0.3 is 15.4 Å². The predicted molar refractivity (Wildman–Crippen MR) is 66.7 cm³/mol. The van der Waals surface area contributed by atoms with Crippen LogP contribution in [0.4, 0.5) is 5.13 Å². The fourth-order valence-electron chi connectivity index (χ4n) is 2.10. The van der Waals surface area contributed by atoms with Gasteiger partial charge in [-0.25, -0.2) is 9.97 Å². The Morgan fingerprint density at radius 3 is 3.28 bits per heavy atom. The second-order valence-electron chi connectivity index (χ2n) is 4.19. The van der Waals surface area contributed by atoms with Crippen molar-refractivity contribution < 1.29 is 9.90 Å². The maximum atomic E-state index is 11.0. The number of carboxylic acid groups (broad SMARTS) is 1. The highest BCUT2D eigenvalue weighted by Crippen LogP contribution is 2.38. The van der Waals surface area contributed by atoms with Crippen molar-refractivity contribution in [1.29, 1.82) is 0 Å². The third-order valence-electron chi connectivity index (χ3n) is 3.00. The molecular formula is C11H12N4O2S. The number of nitrogens with one attached hydrogen (secondary N) is 2. The van der Waals surface area contributed by atoms with Gasteiger partial charge in [0.05, 0.1) is 24.3 Å². The van der Waals surface area contributed by atoms with Gasteiger partial charge in [0.2, 0.25) is 0 Å². The Morgan fingerprint density at radius 2 is 2.56 bits per heavy atom. The predicted octanol–water partition coefficient (Wildman–Crippen LogP) is 1.59. The molecule has 0 radical (unpaired) electrons. The number of carboxylic acids is 1.